The lowest BCUT2D eigenvalue weighted by molar-refractivity contribution is 0.301. The minimum atomic E-state index is 0.651. The first kappa shape index (κ1) is 14.6. The molecule has 0 heterocycles. The minimum Gasteiger partial charge on any atom is -0.489 e. The zero-order chi connectivity index (χ0) is 14.5. The van der Waals surface area contributed by atoms with E-state index in [1.165, 1.54) is 27.8 Å². The van der Waals surface area contributed by atoms with Crippen molar-refractivity contribution in [2.24, 2.45) is 0 Å². The van der Waals surface area contributed by atoms with Crippen LogP contribution < -0.4 is 4.74 Å². The largest absolute Gasteiger partial charge is 0.489 e. The summed E-state index contributed by atoms with van der Waals surface area (Å²) in [5.41, 5.74) is 6.52. The molecule has 0 spiro atoms. The Morgan fingerprint density at radius 3 is 2.20 bits per heavy atom. The second kappa shape index (κ2) is 6.60. The van der Waals surface area contributed by atoms with E-state index in [1.54, 1.807) is 0 Å². The lowest BCUT2D eigenvalue weighted by Gasteiger charge is -2.15. The number of benzene rings is 2. The standard InChI is InChI=1S/C19H24O/c1-5-16-10-11-17(6-2)19(12-16)20-13-18-14(3)8-7-9-15(18)4/h7-12H,5-6,13H2,1-4H3. The van der Waals surface area contributed by atoms with Crippen LogP contribution in [0.3, 0.4) is 0 Å². The third-order valence-electron chi connectivity index (χ3n) is 3.94. The summed E-state index contributed by atoms with van der Waals surface area (Å²) in [4.78, 5) is 0. The number of ether oxygens (including phenoxy) is 1. The molecule has 0 amide bonds. The molecule has 0 atom stereocenters. The average Bonchev–Trinajstić information content (AvgIpc) is 2.46. The molecule has 0 fully saturated rings. The summed E-state index contributed by atoms with van der Waals surface area (Å²) in [6.45, 7) is 9.30. The van der Waals surface area contributed by atoms with E-state index in [0.717, 1.165) is 18.6 Å². The summed E-state index contributed by atoms with van der Waals surface area (Å²) < 4.78 is 6.12. The highest BCUT2D eigenvalue weighted by Crippen LogP contribution is 2.24. The Morgan fingerprint density at radius 2 is 1.60 bits per heavy atom. The quantitative estimate of drug-likeness (QED) is 0.741. The number of hydrogen-bond donors (Lipinski definition) is 0. The van der Waals surface area contributed by atoms with Gasteiger partial charge in [0.15, 0.2) is 0 Å². The predicted octanol–water partition coefficient (Wildman–Crippen LogP) is 5.01. The van der Waals surface area contributed by atoms with Gasteiger partial charge in [0.2, 0.25) is 0 Å². The molecule has 106 valence electrons. The van der Waals surface area contributed by atoms with Crippen molar-refractivity contribution < 1.29 is 4.74 Å². The molecule has 2 aromatic rings. The summed E-state index contributed by atoms with van der Waals surface area (Å²) >= 11 is 0. The van der Waals surface area contributed by atoms with Crippen LogP contribution in [0.2, 0.25) is 0 Å². The molecule has 20 heavy (non-hydrogen) atoms. The molecule has 0 saturated carbocycles. The molecule has 0 aromatic heterocycles. The predicted molar refractivity (Wildman–Crippen MR) is 85.4 cm³/mol. The molecule has 0 saturated heterocycles. The van der Waals surface area contributed by atoms with Crippen molar-refractivity contribution in [1.82, 2.24) is 0 Å². The Balaban J connectivity index is 2.22. The Hall–Kier alpha value is -1.76. The molecule has 0 aliphatic heterocycles. The van der Waals surface area contributed by atoms with Crippen molar-refractivity contribution in [2.75, 3.05) is 0 Å². The third-order valence-corrected chi connectivity index (χ3v) is 3.94. The molecular formula is C19H24O. The molecule has 0 aliphatic rings. The average molecular weight is 268 g/mol. The van der Waals surface area contributed by atoms with Crippen LogP contribution in [0.1, 0.15) is 41.7 Å². The van der Waals surface area contributed by atoms with E-state index >= 15 is 0 Å². The molecule has 0 bridgehead atoms. The van der Waals surface area contributed by atoms with E-state index in [-0.39, 0.29) is 0 Å². The molecule has 0 N–H and O–H groups in total. The van der Waals surface area contributed by atoms with Gasteiger partial charge in [-0.05, 0) is 60.6 Å². The molecule has 0 aliphatic carbocycles. The van der Waals surface area contributed by atoms with Crippen LogP contribution in [0.5, 0.6) is 5.75 Å². The van der Waals surface area contributed by atoms with Crippen molar-refractivity contribution in [3.8, 4) is 5.75 Å². The lowest BCUT2D eigenvalue weighted by atomic mass is 10.0. The van der Waals surface area contributed by atoms with Crippen LogP contribution in [0.25, 0.3) is 0 Å². The van der Waals surface area contributed by atoms with Crippen LogP contribution in [0.4, 0.5) is 0 Å². The summed E-state index contributed by atoms with van der Waals surface area (Å²) in [6.07, 6.45) is 2.05. The van der Waals surface area contributed by atoms with Gasteiger partial charge in [0.25, 0.3) is 0 Å². The fourth-order valence-electron chi connectivity index (χ4n) is 2.47. The highest BCUT2D eigenvalue weighted by Gasteiger charge is 2.07. The zero-order valence-corrected chi connectivity index (χ0v) is 13.0. The second-order valence-electron chi connectivity index (χ2n) is 5.31. The van der Waals surface area contributed by atoms with Crippen molar-refractivity contribution in [1.29, 1.82) is 0 Å². The fraction of sp³-hybridized carbons (Fsp3) is 0.368. The minimum absolute atomic E-state index is 0.651. The molecule has 1 nitrogen and oxygen atoms in total. The summed E-state index contributed by atoms with van der Waals surface area (Å²) in [6, 6.07) is 13.0. The summed E-state index contributed by atoms with van der Waals surface area (Å²) in [5, 5.41) is 0. The van der Waals surface area contributed by atoms with Gasteiger partial charge in [-0.3, -0.25) is 0 Å². The third kappa shape index (κ3) is 3.22. The zero-order valence-electron chi connectivity index (χ0n) is 13.0. The Morgan fingerprint density at radius 1 is 0.900 bits per heavy atom. The van der Waals surface area contributed by atoms with Gasteiger partial charge in [0, 0.05) is 0 Å². The van der Waals surface area contributed by atoms with Gasteiger partial charge in [-0.25, -0.2) is 0 Å². The molecule has 2 aromatic carbocycles. The van der Waals surface area contributed by atoms with E-state index in [2.05, 4.69) is 64.1 Å². The van der Waals surface area contributed by atoms with Crippen LogP contribution in [0.15, 0.2) is 36.4 Å². The number of aryl methyl sites for hydroxylation is 4. The van der Waals surface area contributed by atoms with Crippen molar-refractivity contribution in [3.05, 3.63) is 64.2 Å². The smallest absolute Gasteiger partial charge is 0.123 e. The first-order valence-corrected chi connectivity index (χ1v) is 7.45. The van der Waals surface area contributed by atoms with Gasteiger partial charge >= 0.3 is 0 Å². The van der Waals surface area contributed by atoms with Crippen molar-refractivity contribution in [2.45, 2.75) is 47.1 Å². The van der Waals surface area contributed by atoms with Crippen LogP contribution in [-0.4, -0.2) is 0 Å². The van der Waals surface area contributed by atoms with Crippen LogP contribution in [0, 0.1) is 13.8 Å². The molecular weight excluding hydrogens is 244 g/mol. The van der Waals surface area contributed by atoms with Gasteiger partial charge in [-0.1, -0.05) is 44.2 Å². The van der Waals surface area contributed by atoms with Gasteiger partial charge in [-0.2, -0.15) is 0 Å². The molecule has 0 unspecified atom stereocenters. The van der Waals surface area contributed by atoms with E-state index in [1.807, 2.05) is 0 Å². The normalized spacial score (nSPS) is 10.6. The first-order chi connectivity index (χ1) is 9.65. The van der Waals surface area contributed by atoms with Crippen molar-refractivity contribution >= 4 is 0 Å². The fourth-order valence-corrected chi connectivity index (χ4v) is 2.47. The lowest BCUT2D eigenvalue weighted by Crippen LogP contribution is -2.02. The first-order valence-electron chi connectivity index (χ1n) is 7.45. The maximum absolute atomic E-state index is 6.12. The van der Waals surface area contributed by atoms with Gasteiger partial charge in [0.1, 0.15) is 12.4 Å². The van der Waals surface area contributed by atoms with Gasteiger partial charge in [-0.15, -0.1) is 0 Å². The van der Waals surface area contributed by atoms with Crippen molar-refractivity contribution in [3.63, 3.8) is 0 Å². The van der Waals surface area contributed by atoms with E-state index in [0.29, 0.717) is 6.61 Å². The summed E-state index contributed by atoms with van der Waals surface area (Å²) in [7, 11) is 0. The van der Waals surface area contributed by atoms with E-state index < -0.39 is 0 Å². The highest BCUT2D eigenvalue weighted by atomic mass is 16.5. The van der Waals surface area contributed by atoms with E-state index in [4.69, 9.17) is 4.74 Å². The molecule has 1 heteroatoms. The Kier molecular flexibility index (Phi) is 4.84. The van der Waals surface area contributed by atoms with Gasteiger partial charge in [0.05, 0.1) is 0 Å². The molecule has 0 radical (unpaired) electrons. The highest BCUT2D eigenvalue weighted by molar-refractivity contribution is 5.39. The monoisotopic (exact) mass is 268 g/mol. The SMILES string of the molecule is CCc1ccc(CC)c(OCc2c(C)cccc2C)c1. The van der Waals surface area contributed by atoms with E-state index in [9.17, 15) is 0 Å². The molecule has 2 rings (SSSR count). The Labute approximate surface area is 122 Å². The second-order valence-corrected chi connectivity index (χ2v) is 5.31. The van der Waals surface area contributed by atoms with Gasteiger partial charge < -0.3 is 4.74 Å². The topological polar surface area (TPSA) is 9.23 Å². The maximum Gasteiger partial charge on any atom is 0.123 e. The number of hydrogen-bond acceptors (Lipinski definition) is 1. The van der Waals surface area contributed by atoms with Crippen LogP contribution >= 0.6 is 0 Å². The number of rotatable bonds is 5. The van der Waals surface area contributed by atoms with Crippen LogP contribution in [-0.2, 0) is 19.4 Å². The summed E-state index contributed by atoms with van der Waals surface area (Å²) in [5.74, 6) is 1.04. The maximum atomic E-state index is 6.12. The Bertz CT molecular complexity index is 564.